The normalized spacial score (nSPS) is 14.5. The van der Waals surface area contributed by atoms with Crippen LogP contribution in [0.4, 0.5) is 5.69 Å². The van der Waals surface area contributed by atoms with E-state index < -0.39 is 11.6 Å². The lowest BCUT2D eigenvalue weighted by Crippen LogP contribution is -2.55. The molecule has 6 nitrogen and oxygen atoms in total. The number of nitrogens with zero attached hydrogens (tertiary/aromatic N) is 2. The van der Waals surface area contributed by atoms with E-state index in [1.807, 2.05) is 13.8 Å². The Labute approximate surface area is 164 Å². The number of benzene rings is 1. The van der Waals surface area contributed by atoms with Gasteiger partial charge in [-0.3, -0.25) is 14.5 Å². The Morgan fingerprint density at radius 2 is 1.88 bits per heavy atom. The third-order valence-corrected chi connectivity index (χ3v) is 5.15. The van der Waals surface area contributed by atoms with Gasteiger partial charge >= 0.3 is 0 Å². The molecule has 26 heavy (non-hydrogen) atoms. The van der Waals surface area contributed by atoms with Gasteiger partial charge in [0.2, 0.25) is 11.8 Å². The van der Waals surface area contributed by atoms with Gasteiger partial charge in [-0.15, -0.1) is 0 Å². The van der Waals surface area contributed by atoms with Crippen molar-refractivity contribution in [3.63, 3.8) is 0 Å². The second-order valence-corrected chi connectivity index (χ2v) is 7.54. The highest BCUT2D eigenvalue weighted by Gasteiger charge is 2.32. The van der Waals surface area contributed by atoms with Crippen LogP contribution in [0.3, 0.4) is 0 Å². The van der Waals surface area contributed by atoms with Crippen LogP contribution in [-0.4, -0.2) is 41.9 Å². The molecule has 0 radical (unpaired) electrons. The monoisotopic (exact) mass is 398 g/mol. The number of carbonyl (C=O) groups is 2. The zero-order valence-corrected chi connectivity index (χ0v) is 17.1. The van der Waals surface area contributed by atoms with Crippen LogP contribution in [0.5, 0.6) is 0 Å². The number of carbonyl (C=O) groups excluding carboxylic acids is 2. The highest BCUT2D eigenvalue weighted by atomic mass is 35.5. The first-order valence-corrected chi connectivity index (χ1v) is 8.94. The second-order valence-electron chi connectivity index (χ2n) is 6.73. The molecule has 0 saturated heterocycles. The second kappa shape index (κ2) is 9.22. The van der Waals surface area contributed by atoms with Crippen LogP contribution in [-0.2, 0) is 9.59 Å². The molecule has 142 valence electrons. The molecule has 0 bridgehead atoms. The summed E-state index contributed by atoms with van der Waals surface area (Å²) in [5.41, 5.74) is -0.444. The van der Waals surface area contributed by atoms with Gasteiger partial charge in [0.15, 0.2) is 0 Å². The first kappa shape index (κ1) is 22.2. The Kier molecular flexibility index (Phi) is 7.88. The number of likely N-dealkylation sites (N-methyl/N-ethyl adjacent to an activating group) is 1. The third kappa shape index (κ3) is 5.87. The van der Waals surface area contributed by atoms with E-state index in [1.165, 1.54) is 0 Å². The van der Waals surface area contributed by atoms with Gasteiger partial charge in [-0.05, 0) is 45.0 Å². The molecule has 0 unspecified atom stereocenters. The number of hydrogen-bond donors (Lipinski definition) is 2. The van der Waals surface area contributed by atoms with E-state index in [0.29, 0.717) is 15.7 Å². The zero-order chi connectivity index (χ0) is 20.1. The molecular weight excluding hydrogens is 375 g/mol. The summed E-state index contributed by atoms with van der Waals surface area (Å²) in [7, 11) is 1.66. The SMILES string of the molecule is CC(C)[C@@](C)(C#N)NC(=O)[C@@H](C)N(C)CC(=O)Nc1ccc(Cl)c(Cl)c1. The molecule has 8 heteroatoms. The number of hydrogen-bond acceptors (Lipinski definition) is 4. The van der Waals surface area contributed by atoms with Gasteiger partial charge in [0.25, 0.3) is 0 Å². The molecule has 2 amide bonds. The van der Waals surface area contributed by atoms with E-state index in [4.69, 9.17) is 23.2 Å². The van der Waals surface area contributed by atoms with Crippen molar-refractivity contribution < 1.29 is 9.59 Å². The summed E-state index contributed by atoms with van der Waals surface area (Å²) in [6.07, 6.45) is 0. The quantitative estimate of drug-likeness (QED) is 0.737. The van der Waals surface area contributed by atoms with Crippen LogP contribution in [0.15, 0.2) is 18.2 Å². The standard InChI is InChI=1S/C18H24Cl2N4O2/c1-11(2)18(4,10-21)23-17(26)12(3)24(5)9-16(25)22-13-6-7-14(19)15(20)8-13/h6-8,11-12H,9H2,1-5H3,(H,22,25)(H,23,26)/t12-,18-/m1/s1. The van der Waals surface area contributed by atoms with E-state index in [2.05, 4.69) is 16.7 Å². The fraction of sp³-hybridized carbons (Fsp3) is 0.500. The molecule has 1 rings (SSSR count). The van der Waals surface area contributed by atoms with Crippen molar-refractivity contribution in [2.75, 3.05) is 18.9 Å². The summed E-state index contributed by atoms with van der Waals surface area (Å²) in [6, 6.07) is 6.34. The number of nitriles is 1. The smallest absolute Gasteiger partial charge is 0.238 e. The fourth-order valence-electron chi connectivity index (χ4n) is 2.00. The lowest BCUT2D eigenvalue weighted by molar-refractivity contribution is -0.128. The van der Waals surface area contributed by atoms with Crippen molar-refractivity contribution in [1.29, 1.82) is 5.26 Å². The largest absolute Gasteiger partial charge is 0.336 e. The summed E-state index contributed by atoms with van der Waals surface area (Å²) in [5, 5.41) is 15.5. The van der Waals surface area contributed by atoms with Crippen LogP contribution in [0.2, 0.25) is 10.0 Å². The number of halogens is 2. The molecule has 1 aromatic rings. The average molecular weight is 399 g/mol. The maximum absolute atomic E-state index is 12.4. The maximum Gasteiger partial charge on any atom is 0.238 e. The van der Waals surface area contributed by atoms with Crippen molar-refractivity contribution in [2.24, 2.45) is 5.92 Å². The minimum atomic E-state index is -0.964. The van der Waals surface area contributed by atoms with Crippen molar-refractivity contribution in [1.82, 2.24) is 10.2 Å². The van der Waals surface area contributed by atoms with Crippen molar-refractivity contribution >= 4 is 40.7 Å². The third-order valence-electron chi connectivity index (χ3n) is 4.41. The molecule has 2 atom stereocenters. The van der Waals surface area contributed by atoms with Gasteiger partial charge in [-0.1, -0.05) is 37.0 Å². The molecule has 0 aliphatic carbocycles. The van der Waals surface area contributed by atoms with Crippen LogP contribution in [0, 0.1) is 17.2 Å². The van der Waals surface area contributed by atoms with E-state index in [-0.39, 0.29) is 24.3 Å². The van der Waals surface area contributed by atoms with Crippen LogP contribution >= 0.6 is 23.2 Å². The highest BCUT2D eigenvalue weighted by Crippen LogP contribution is 2.25. The van der Waals surface area contributed by atoms with Gasteiger partial charge in [0, 0.05) is 5.69 Å². The maximum atomic E-state index is 12.4. The van der Waals surface area contributed by atoms with Gasteiger partial charge in [0.1, 0.15) is 5.54 Å². The Hall–Kier alpha value is -1.81. The van der Waals surface area contributed by atoms with Crippen LogP contribution < -0.4 is 10.6 Å². The zero-order valence-electron chi connectivity index (χ0n) is 15.6. The topological polar surface area (TPSA) is 85.2 Å². The van der Waals surface area contributed by atoms with Crippen LogP contribution in [0.1, 0.15) is 27.7 Å². The minimum Gasteiger partial charge on any atom is -0.336 e. The highest BCUT2D eigenvalue weighted by molar-refractivity contribution is 6.42. The Morgan fingerprint density at radius 3 is 2.38 bits per heavy atom. The van der Waals surface area contributed by atoms with Crippen molar-refractivity contribution in [3.8, 4) is 6.07 Å². The van der Waals surface area contributed by atoms with E-state index in [0.717, 1.165) is 0 Å². The predicted octanol–water partition coefficient (Wildman–Crippen LogP) is 3.31. The molecule has 0 aliphatic heterocycles. The van der Waals surface area contributed by atoms with Gasteiger partial charge in [-0.25, -0.2) is 0 Å². The molecular formula is C18H24Cl2N4O2. The first-order valence-electron chi connectivity index (χ1n) is 8.18. The molecule has 0 aromatic heterocycles. The molecule has 0 saturated carbocycles. The summed E-state index contributed by atoms with van der Waals surface area (Å²) >= 11 is 11.8. The van der Waals surface area contributed by atoms with Crippen LogP contribution in [0.25, 0.3) is 0 Å². The van der Waals surface area contributed by atoms with Gasteiger partial charge < -0.3 is 10.6 Å². The number of anilines is 1. The fourth-order valence-corrected chi connectivity index (χ4v) is 2.30. The lowest BCUT2D eigenvalue weighted by atomic mass is 9.90. The molecule has 0 heterocycles. The summed E-state index contributed by atoms with van der Waals surface area (Å²) in [6.45, 7) is 7.09. The molecule has 0 fully saturated rings. The van der Waals surface area contributed by atoms with E-state index in [9.17, 15) is 14.9 Å². The van der Waals surface area contributed by atoms with E-state index in [1.54, 1.807) is 44.0 Å². The molecule has 0 aliphatic rings. The van der Waals surface area contributed by atoms with Gasteiger partial charge in [-0.2, -0.15) is 5.26 Å². The summed E-state index contributed by atoms with van der Waals surface area (Å²) in [4.78, 5) is 26.2. The van der Waals surface area contributed by atoms with Gasteiger partial charge in [0.05, 0.1) is 28.7 Å². The Morgan fingerprint density at radius 1 is 1.27 bits per heavy atom. The van der Waals surface area contributed by atoms with E-state index >= 15 is 0 Å². The lowest BCUT2D eigenvalue weighted by Gasteiger charge is -2.31. The number of amides is 2. The number of nitrogens with one attached hydrogen (secondary N) is 2. The summed E-state index contributed by atoms with van der Waals surface area (Å²) in [5.74, 6) is -0.656. The molecule has 0 spiro atoms. The number of rotatable bonds is 7. The first-order chi connectivity index (χ1) is 12.0. The minimum absolute atomic E-state index is 0.000220. The Bertz CT molecular complexity index is 718. The predicted molar refractivity (Wildman–Crippen MR) is 104 cm³/mol. The summed E-state index contributed by atoms with van der Waals surface area (Å²) < 4.78 is 0. The average Bonchev–Trinajstić information content (AvgIpc) is 2.56. The molecule has 1 aromatic carbocycles. The van der Waals surface area contributed by atoms with Crippen molar-refractivity contribution in [3.05, 3.63) is 28.2 Å². The Balaban J connectivity index is 2.66. The van der Waals surface area contributed by atoms with Crippen molar-refractivity contribution in [2.45, 2.75) is 39.3 Å². The molecule has 2 N–H and O–H groups in total.